The SMILES string of the molecule is Cc1c(-c2cc(N)c3nnc(NC(=O)[C@H]4C[C@@H]4c4cnn(CCO)c4)cc3c2)cnc2c1NCCO2. The molecule has 184 valence electrons. The van der Waals surface area contributed by atoms with Gasteiger partial charge in [-0.1, -0.05) is 0 Å². The summed E-state index contributed by atoms with van der Waals surface area (Å²) in [7, 11) is 0. The maximum absolute atomic E-state index is 12.9. The summed E-state index contributed by atoms with van der Waals surface area (Å²) in [6, 6.07) is 5.63. The topological polar surface area (TPSA) is 153 Å². The van der Waals surface area contributed by atoms with E-state index in [0.717, 1.165) is 46.3 Å². The second-order valence-electron chi connectivity index (χ2n) is 9.18. The second kappa shape index (κ2) is 8.76. The third-order valence-corrected chi connectivity index (χ3v) is 6.77. The highest BCUT2D eigenvalue weighted by atomic mass is 16.5. The number of hydrogen-bond acceptors (Lipinski definition) is 9. The molecule has 6 rings (SSSR count). The molecule has 5 N–H and O–H groups in total. The molecule has 0 saturated heterocycles. The predicted molar refractivity (Wildman–Crippen MR) is 135 cm³/mol. The van der Waals surface area contributed by atoms with Crippen LogP contribution in [-0.2, 0) is 11.3 Å². The number of carbonyl (C=O) groups is 1. The van der Waals surface area contributed by atoms with Crippen LogP contribution in [0, 0.1) is 12.8 Å². The van der Waals surface area contributed by atoms with Gasteiger partial charge in [-0.05, 0) is 54.2 Å². The third kappa shape index (κ3) is 3.97. The standard InChI is InChI=1S/C25H26N8O3/c1-13-19(11-28-25-22(13)27-2-5-36-25)14-6-15-8-21(31-32-23(15)20(26)7-14)30-24(35)18-9-17(18)16-10-29-33(12-16)3-4-34/h6-8,10-12,17-18,27,34H,2-5,9,26H2,1H3,(H,30,31,35)/t17-,18+/m1/s1. The van der Waals surface area contributed by atoms with Gasteiger partial charge < -0.3 is 26.2 Å². The van der Waals surface area contributed by atoms with E-state index in [1.165, 1.54) is 0 Å². The van der Waals surface area contributed by atoms with Crippen LogP contribution in [0.2, 0.25) is 0 Å². The lowest BCUT2D eigenvalue weighted by Gasteiger charge is -2.21. The lowest BCUT2D eigenvalue weighted by molar-refractivity contribution is -0.117. The fraction of sp³-hybridized carbons (Fsp3) is 0.320. The predicted octanol–water partition coefficient (Wildman–Crippen LogP) is 2.32. The first-order chi connectivity index (χ1) is 17.5. The van der Waals surface area contributed by atoms with E-state index in [1.54, 1.807) is 23.1 Å². The van der Waals surface area contributed by atoms with Crippen molar-refractivity contribution in [1.82, 2.24) is 25.0 Å². The number of anilines is 3. The second-order valence-corrected chi connectivity index (χ2v) is 9.18. The number of nitrogens with zero attached hydrogens (tertiary/aromatic N) is 5. The molecule has 1 saturated carbocycles. The van der Waals surface area contributed by atoms with E-state index >= 15 is 0 Å². The molecule has 2 aliphatic rings. The highest BCUT2D eigenvalue weighted by Crippen LogP contribution is 2.48. The maximum Gasteiger partial charge on any atom is 0.237 e. The first kappa shape index (κ1) is 22.2. The smallest absolute Gasteiger partial charge is 0.237 e. The molecule has 11 nitrogen and oxygen atoms in total. The Morgan fingerprint density at radius 3 is 3.06 bits per heavy atom. The number of nitrogen functional groups attached to an aromatic ring is 1. The number of ether oxygens (including phenoxy) is 1. The molecule has 2 atom stereocenters. The van der Waals surface area contributed by atoms with Gasteiger partial charge in [0.1, 0.15) is 17.8 Å². The molecule has 1 aromatic carbocycles. The van der Waals surface area contributed by atoms with Gasteiger partial charge in [-0.25, -0.2) is 4.98 Å². The molecule has 3 aromatic heterocycles. The van der Waals surface area contributed by atoms with Gasteiger partial charge in [-0.3, -0.25) is 9.48 Å². The number of carbonyl (C=O) groups excluding carboxylic acids is 1. The van der Waals surface area contributed by atoms with Crippen molar-refractivity contribution >= 4 is 34.0 Å². The van der Waals surface area contributed by atoms with E-state index in [4.69, 9.17) is 15.6 Å². The highest BCUT2D eigenvalue weighted by molar-refractivity contribution is 5.99. The summed E-state index contributed by atoms with van der Waals surface area (Å²) >= 11 is 0. The molecule has 1 fully saturated rings. The summed E-state index contributed by atoms with van der Waals surface area (Å²) in [5.41, 5.74) is 12.1. The largest absolute Gasteiger partial charge is 0.474 e. The number of amides is 1. The fourth-order valence-corrected chi connectivity index (χ4v) is 4.78. The summed E-state index contributed by atoms with van der Waals surface area (Å²) in [6.45, 7) is 3.80. The fourth-order valence-electron chi connectivity index (χ4n) is 4.78. The number of aromatic nitrogens is 5. The van der Waals surface area contributed by atoms with Crippen LogP contribution in [0.4, 0.5) is 17.2 Å². The van der Waals surface area contributed by atoms with E-state index in [1.807, 2.05) is 25.3 Å². The normalized spacial score (nSPS) is 18.3. The first-order valence-corrected chi connectivity index (χ1v) is 11.9. The van der Waals surface area contributed by atoms with Gasteiger partial charge >= 0.3 is 0 Å². The number of nitrogens with two attached hydrogens (primary N) is 1. The Labute approximate surface area is 206 Å². The van der Waals surface area contributed by atoms with Crippen LogP contribution in [0.15, 0.2) is 36.8 Å². The Bertz CT molecular complexity index is 1480. The Balaban J connectivity index is 1.24. The minimum Gasteiger partial charge on any atom is -0.474 e. The van der Waals surface area contributed by atoms with Crippen molar-refractivity contribution in [2.24, 2.45) is 5.92 Å². The minimum absolute atomic E-state index is 0.0242. The third-order valence-electron chi connectivity index (χ3n) is 6.77. The number of aliphatic hydroxyl groups excluding tert-OH is 1. The van der Waals surface area contributed by atoms with Crippen LogP contribution in [0.25, 0.3) is 22.0 Å². The zero-order valence-electron chi connectivity index (χ0n) is 19.7. The van der Waals surface area contributed by atoms with E-state index in [9.17, 15) is 4.79 Å². The number of rotatable bonds is 6. The summed E-state index contributed by atoms with van der Waals surface area (Å²) in [5, 5.41) is 28.8. The lowest BCUT2D eigenvalue weighted by atomic mass is 9.99. The quantitative estimate of drug-likeness (QED) is 0.301. The van der Waals surface area contributed by atoms with Crippen molar-refractivity contribution in [2.75, 3.05) is 36.1 Å². The summed E-state index contributed by atoms with van der Waals surface area (Å²) < 4.78 is 7.33. The van der Waals surface area contributed by atoms with Crippen molar-refractivity contribution in [3.8, 4) is 17.0 Å². The Kier molecular flexibility index (Phi) is 5.41. The van der Waals surface area contributed by atoms with Gasteiger partial charge in [0.25, 0.3) is 0 Å². The Morgan fingerprint density at radius 1 is 1.31 bits per heavy atom. The van der Waals surface area contributed by atoms with Crippen molar-refractivity contribution in [1.29, 1.82) is 0 Å². The first-order valence-electron chi connectivity index (χ1n) is 11.9. The highest BCUT2D eigenvalue weighted by Gasteiger charge is 2.44. The summed E-state index contributed by atoms with van der Waals surface area (Å²) in [5.74, 6) is 0.843. The zero-order chi connectivity index (χ0) is 24.8. The Hall–Kier alpha value is -4.25. The minimum atomic E-state index is -0.149. The van der Waals surface area contributed by atoms with Gasteiger partial charge in [0.05, 0.1) is 25.0 Å². The molecule has 4 aromatic rings. The molecule has 1 amide bonds. The summed E-state index contributed by atoms with van der Waals surface area (Å²) in [6.07, 6.45) is 6.17. The van der Waals surface area contributed by atoms with Crippen molar-refractivity contribution < 1.29 is 14.6 Å². The van der Waals surface area contributed by atoms with Crippen LogP contribution < -0.4 is 21.1 Å². The van der Waals surface area contributed by atoms with Gasteiger partial charge in [0.15, 0.2) is 5.82 Å². The van der Waals surface area contributed by atoms with Crippen molar-refractivity contribution in [3.05, 3.63) is 47.9 Å². The number of pyridine rings is 1. The zero-order valence-corrected chi connectivity index (χ0v) is 19.7. The molecular formula is C25H26N8O3. The average Bonchev–Trinajstić information content (AvgIpc) is 3.55. The molecule has 1 aliphatic heterocycles. The van der Waals surface area contributed by atoms with Crippen LogP contribution >= 0.6 is 0 Å². The lowest BCUT2D eigenvalue weighted by Crippen LogP contribution is -2.20. The molecular weight excluding hydrogens is 460 g/mol. The van der Waals surface area contributed by atoms with Crippen LogP contribution in [0.1, 0.15) is 23.5 Å². The number of benzene rings is 1. The van der Waals surface area contributed by atoms with E-state index in [-0.39, 0.29) is 24.3 Å². The van der Waals surface area contributed by atoms with Crippen LogP contribution in [0.3, 0.4) is 0 Å². The van der Waals surface area contributed by atoms with E-state index in [2.05, 4.69) is 30.9 Å². The van der Waals surface area contributed by atoms with Gasteiger partial charge in [0.2, 0.25) is 11.8 Å². The average molecular weight is 487 g/mol. The molecule has 1 aliphatic carbocycles. The van der Waals surface area contributed by atoms with Gasteiger partial charge in [0, 0.05) is 35.8 Å². The van der Waals surface area contributed by atoms with Crippen molar-refractivity contribution in [2.45, 2.75) is 25.8 Å². The Morgan fingerprint density at radius 2 is 2.19 bits per heavy atom. The van der Waals surface area contributed by atoms with Crippen LogP contribution in [-0.4, -0.2) is 55.7 Å². The number of fused-ring (bicyclic) bond motifs is 2. The van der Waals surface area contributed by atoms with E-state index in [0.29, 0.717) is 36.1 Å². The van der Waals surface area contributed by atoms with Crippen LogP contribution in [0.5, 0.6) is 5.88 Å². The molecule has 11 heteroatoms. The van der Waals surface area contributed by atoms with Crippen molar-refractivity contribution in [3.63, 3.8) is 0 Å². The molecule has 0 bridgehead atoms. The monoisotopic (exact) mass is 486 g/mol. The molecule has 0 radical (unpaired) electrons. The van der Waals surface area contributed by atoms with Gasteiger partial charge in [-0.15, -0.1) is 10.2 Å². The summed E-state index contributed by atoms with van der Waals surface area (Å²) in [4.78, 5) is 17.3. The molecule has 4 heterocycles. The molecule has 0 unspecified atom stereocenters. The molecule has 36 heavy (non-hydrogen) atoms. The molecule has 0 spiro atoms. The number of nitrogens with one attached hydrogen (secondary N) is 2. The van der Waals surface area contributed by atoms with Gasteiger partial charge in [-0.2, -0.15) is 5.10 Å². The maximum atomic E-state index is 12.9. The number of hydrogen-bond donors (Lipinski definition) is 4. The van der Waals surface area contributed by atoms with E-state index < -0.39 is 0 Å². The number of aliphatic hydroxyl groups is 1.